The lowest BCUT2D eigenvalue weighted by molar-refractivity contribution is -0.499. The molecular weight excluding hydrogens is 362 g/mol. The predicted molar refractivity (Wildman–Crippen MR) is 97.2 cm³/mol. The van der Waals surface area contributed by atoms with Gasteiger partial charge in [0.25, 0.3) is 0 Å². The Bertz CT molecular complexity index is 662. The Hall–Kier alpha value is -1.92. The number of benzene rings is 2. The predicted octanol–water partition coefficient (Wildman–Crippen LogP) is 2.25. The standard InChI is InChI=1S/C16H16BrN3OS/c1-2-21-15-9-8-13(17)10-12(15)11-18-20-16(22)19-14-6-4-3-5-7-14/h3-11H,2H2,1H3,(H2,19,20,22)/p+1. The van der Waals surface area contributed by atoms with E-state index < -0.39 is 0 Å². The van der Waals surface area contributed by atoms with Crippen molar-refractivity contribution in [3.05, 3.63) is 58.6 Å². The molecule has 4 nitrogen and oxygen atoms in total. The summed E-state index contributed by atoms with van der Waals surface area (Å²) in [6, 6.07) is 15.6. The smallest absolute Gasteiger partial charge is 0.228 e. The van der Waals surface area contributed by atoms with Crippen LogP contribution in [-0.2, 0) is 0 Å². The first-order valence-electron chi connectivity index (χ1n) is 6.82. The third-order valence-electron chi connectivity index (χ3n) is 2.72. The van der Waals surface area contributed by atoms with Crippen LogP contribution in [0, 0.1) is 0 Å². The highest BCUT2D eigenvalue weighted by atomic mass is 79.9. The van der Waals surface area contributed by atoms with E-state index >= 15 is 0 Å². The van der Waals surface area contributed by atoms with Gasteiger partial charge in [-0.1, -0.05) is 34.1 Å². The molecule has 0 aliphatic heterocycles. The van der Waals surface area contributed by atoms with Crippen molar-refractivity contribution in [3.63, 3.8) is 0 Å². The molecule has 0 amide bonds. The lowest BCUT2D eigenvalue weighted by Crippen LogP contribution is -2.82. The number of anilines is 1. The van der Waals surface area contributed by atoms with E-state index in [1.165, 1.54) is 0 Å². The van der Waals surface area contributed by atoms with Crippen molar-refractivity contribution < 1.29 is 9.84 Å². The Kier molecular flexibility index (Phi) is 6.36. The molecule has 22 heavy (non-hydrogen) atoms. The molecule has 0 aromatic heterocycles. The van der Waals surface area contributed by atoms with Crippen LogP contribution in [0.3, 0.4) is 0 Å². The second-order valence-corrected chi connectivity index (χ2v) is 5.67. The van der Waals surface area contributed by atoms with Crippen LogP contribution in [0.15, 0.2) is 53.0 Å². The number of hydrazone groups is 1. The lowest BCUT2D eigenvalue weighted by Gasteiger charge is -2.06. The zero-order valence-electron chi connectivity index (χ0n) is 12.1. The molecule has 0 saturated heterocycles. The largest absolute Gasteiger partial charge is 0.493 e. The number of hydrazine groups is 1. The highest BCUT2D eigenvalue weighted by Crippen LogP contribution is 2.21. The summed E-state index contributed by atoms with van der Waals surface area (Å²) in [4.78, 5) is 0. The zero-order chi connectivity index (χ0) is 15.8. The zero-order valence-corrected chi connectivity index (χ0v) is 14.5. The highest BCUT2D eigenvalue weighted by molar-refractivity contribution is 9.10. The van der Waals surface area contributed by atoms with Crippen LogP contribution in [0.4, 0.5) is 5.69 Å². The fraction of sp³-hybridized carbons (Fsp3) is 0.125. The molecule has 0 saturated carbocycles. The number of para-hydroxylation sites is 1. The van der Waals surface area contributed by atoms with Crippen LogP contribution in [0.5, 0.6) is 5.75 Å². The van der Waals surface area contributed by atoms with Gasteiger partial charge in [0.05, 0.1) is 12.2 Å². The molecule has 0 fully saturated rings. The molecule has 0 aliphatic carbocycles. The molecule has 114 valence electrons. The first-order valence-corrected chi connectivity index (χ1v) is 8.02. The van der Waals surface area contributed by atoms with Crippen LogP contribution in [-0.4, -0.2) is 17.9 Å². The molecule has 2 aromatic rings. The van der Waals surface area contributed by atoms with Gasteiger partial charge in [0, 0.05) is 10.2 Å². The maximum Gasteiger partial charge on any atom is 0.228 e. The molecule has 0 radical (unpaired) electrons. The third kappa shape index (κ3) is 5.13. The van der Waals surface area contributed by atoms with Crippen LogP contribution >= 0.6 is 28.1 Å². The Morgan fingerprint density at radius 1 is 1.27 bits per heavy atom. The summed E-state index contributed by atoms with van der Waals surface area (Å²) in [5.41, 5.74) is 4.76. The first kappa shape index (κ1) is 16.5. The van der Waals surface area contributed by atoms with Gasteiger partial charge in [-0.2, -0.15) is 0 Å². The normalized spacial score (nSPS) is 10.5. The summed E-state index contributed by atoms with van der Waals surface area (Å²) in [7, 11) is 0. The average molecular weight is 379 g/mol. The highest BCUT2D eigenvalue weighted by Gasteiger charge is 2.05. The fourth-order valence-electron chi connectivity index (χ4n) is 1.78. The molecule has 0 bridgehead atoms. The minimum Gasteiger partial charge on any atom is -0.493 e. The summed E-state index contributed by atoms with van der Waals surface area (Å²) < 4.78 is 6.56. The van der Waals surface area contributed by atoms with Gasteiger partial charge in [-0.05, 0) is 49.5 Å². The van der Waals surface area contributed by atoms with Gasteiger partial charge in [-0.25, -0.2) is 0 Å². The summed E-state index contributed by atoms with van der Waals surface area (Å²) in [6.07, 6.45) is 1.80. The van der Waals surface area contributed by atoms with Gasteiger partial charge in [-0.3, -0.25) is 0 Å². The maximum atomic E-state index is 5.58. The van der Waals surface area contributed by atoms with Crippen molar-refractivity contribution in [1.82, 2.24) is 5.43 Å². The number of hydrogen-bond donors (Lipinski definition) is 3. The third-order valence-corrected chi connectivity index (χ3v) is 3.41. The van der Waals surface area contributed by atoms with E-state index in [2.05, 4.69) is 31.8 Å². The van der Waals surface area contributed by atoms with Gasteiger partial charge in [-0.15, -0.1) is 10.5 Å². The summed E-state index contributed by atoms with van der Waals surface area (Å²) in [5.74, 6) is 0.807. The van der Waals surface area contributed by atoms with Gasteiger partial charge in [0.1, 0.15) is 5.75 Å². The van der Waals surface area contributed by atoms with Crippen molar-refractivity contribution in [3.8, 4) is 5.75 Å². The van der Waals surface area contributed by atoms with E-state index in [0.29, 0.717) is 11.7 Å². The Morgan fingerprint density at radius 2 is 2.05 bits per heavy atom. The monoisotopic (exact) mass is 378 g/mol. The molecule has 3 N–H and O–H groups in total. The van der Waals surface area contributed by atoms with Crippen molar-refractivity contribution in [2.75, 3.05) is 11.9 Å². The summed E-state index contributed by atoms with van der Waals surface area (Å²) in [6.45, 7) is 2.57. The van der Waals surface area contributed by atoms with Crippen molar-refractivity contribution in [1.29, 1.82) is 0 Å². The summed E-state index contributed by atoms with van der Waals surface area (Å²) >= 11 is 8.67. The van der Waals surface area contributed by atoms with Gasteiger partial charge in [0.15, 0.2) is 0 Å². The summed E-state index contributed by atoms with van der Waals surface area (Å²) in [5, 5.41) is 6.53. The Balaban J connectivity index is 1.97. The van der Waals surface area contributed by atoms with Crippen molar-refractivity contribution >= 4 is 45.2 Å². The van der Waals surface area contributed by atoms with Crippen molar-refractivity contribution in [2.24, 2.45) is 0 Å². The SMILES string of the molecule is CCOc1ccc(Br)cc1C=[NH+]NC(=S)Nc1ccccc1. The van der Waals surface area contributed by atoms with Gasteiger partial charge < -0.3 is 10.1 Å². The van der Waals surface area contributed by atoms with E-state index in [-0.39, 0.29) is 0 Å². The van der Waals surface area contributed by atoms with Gasteiger partial charge >= 0.3 is 0 Å². The number of thiocarbonyl (C=S) groups is 1. The Labute approximate surface area is 143 Å². The van der Waals surface area contributed by atoms with Crippen molar-refractivity contribution in [2.45, 2.75) is 6.92 Å². The molecule has 2 aromatic carbocycles. The molecule has 0 spiro atoms. The van der Waals surface area contributed by atoms with Crippen LogP contribution in [0.1, 0.15) is 12.5 Å². The second-order valence-electron chi connectivity index (χ2n) is 4.35. The number of halogens is 1. The number of nitrogens with one attached hydrogen (secondary N) is 3. The van der Waals surface area contributed by atoms with E-state index in [0.717, 1.165) is 21.5 Å². The van der Waals surface area contributed by atoms with Crippen LogP contribution in [0.2, 0.25) is 0 Å². The fourth-order valence-corrected chi connectivity index (χ4v) is 2.34. The first-order chi connectivity index (χ1) is 10.7. The lowest BCUT2D eigenvalue weighted by atomic mass is 10.2. The quantitative estimate of drug-likeness (QED) is 0.424. The number of ether oxygens (including phenoxy) is 1. The topological polar surface area (TPSA) is 47.3 Å². The molecule has 6 heteroatoms. The molecule has 0 atom stereocenters. The van der Waals surface area contributed by atoms with Crippen LogP contribution in [0.25, 0.3) is 0 Å². The average Bonchev–Trinajstić information content (AvgIpc) is 2.51. The maximum absolute atomic E-state index is 5.58. The second kappa shape index (κ2) is 8.51. The molecule has 0 unspecified atom stereocenters. The van der Waals surface area contributed by atoms with E-state index in [1.54, 1.807) is 6.21 Å². The molecule has 0 heterocycles. The molecule has 2 rings (SSSR count). The van der Waals surface area contributed by atoms with Gasteiger partial charge in [0.2, 0.25) is 11.3 Å². The van der Waals surface area contributed by atoms with E-state index in [9.17, 15) is 0 Å². The Morgan fingerprint density at radius 3 is 2.77 bits per heavy atom. The number of rotatable bonds is 5. The number of hydrogen-bond acceptors (Lipinski definition) is 2. The minimum absolute atomic E-state index is 0.482. The van der Waals surface area contributed by atoms with E-state index in [4.69, 9.17) is 17.0 Å². The molecular formula is C16H17BrN3OS+. The van der Waals surface area contributed by atoms with E-state index in [1.807, 2.05) is 55.5 Å². The minimum atomic E-state index is 0.482. The van der Waals surface area contributed by atoms with Crippen LogP contribution < -0.4 is 20.6 Å². The molecule has 0 aliphatic rings.